The van der Waals surface area contributed by atoms with E-state index in [1.54, 1.807) is 4.90 Å². The van der Waals surface area contributed by atoms with Gasteiger partial charge in [-0.1, -0.05) is 231 Å². The molecule has 3 saturated carbocycles. The Morgan fingerprint density at radius 1 is 0.404 bits per heavy atom. The number of hydrogen-bond acceptors (Lipinski definition) is 7. The summed E-state index contributed by atoms with van der Waals surface area (Å²) < 4.78 is 19.0. The number of ether oxygens (including phenoxy) is 3. The Balaban J connectivity index is 0.000000144. The van der Waals surface area contributed by atoms with Gasteiger partial charge in [0.25, 0.3) is 0 Å². The van der Waals surface area contributed by atoms with Crippen LogP contribution in [0.3, 0.4) is 0 Å². The predicted molar refractivity (Wildman–Crippen MR) is 450 cm³/mol. The van der Waals surface area contributed by atoms with Crippen LogP contribution in [0.4, 0.5) is 38.0 Å². The monoisotopic (exact) mass is 1460 g/mol. The van der Waals surface area contributed by atoms with Gasteiger partial charge in [-0.05, 0) is 255 Å². The molecule has 0 spiro atoms. The summed E-state index contributed by atoms with van der Waals surface area (Å²) >= 11 is 0. The van der Waals surface area contributed by atoms with Crippen molar-refractivity contribution in [1.82, 2.24) is 0 Å². The van der Waals surface area contributed by atoms with Crippen molar-refractivity contribution in [3.8, 4) is 50.6 Å². The Morgan fingerprint density at radius 2 is 0.771 bits per heavy atom. The minimum Gasteiger partial charge on any atom is -0.487 e. The zero-order valence-electron chi connectivity index (χ0n) is 65.6. The van der Waals surface area contributed by atoms with E-state index in [1.165, 1.54) is 130 Å². The third-order valence-corrected chi connectivity index (χ3v) is 24.4. The normalized spacial score (nSPS) is 21.7. The molecule has 15 rings (SSSR count). The van der Waals surface area contributed by atoms with Gasteiger partial charge in [0.05, 0.1) is 36.7 Å². The van der Waals surface area contributed by atoms with Crippen LogP contribution in [0.2, 0.25) is 0 Å². The van der Waals surface area contributed by atoms with Crippen LogP contribution < -0.4 is 45.3 Å². The van der Waals surface area contributed by atoms with Crippen molar-refractivity contribution in [3.05, 3.63) is 240 Å². The molecule has 3 fully saturated rings. The van der Waals surface area contributed by atoms with E-state index in [2.05, 4.69) is 167 Å². The summed E-state index contributed by atoms with van der Waals surface area (Å²) in [5.41, 5.74) is 23.7. The number of hydrogen-bond donors (Lipinski definition) is 3. The summed E-state index contributed by atoms with van der Waals surface area (Å²) in [6.45, 7) is 17.0. The molecular weight excluding hydrogens is 1350 g/mol. The first-order valence-electron chi connectivity index (χ1n) is 41.4. The van der Waals surface area contributed by atoms with Gasteiger partial charge in [-0.15, -0.1) is 0 Å². The highest BCUT2D eigenvalue weighted by Crippen LogP contribution is 2.45. The molecular formula is C97H116N6O6. The minimum absolute atomic E-state index is 0.0140. The summed E-state index contributed by atoms with van der Waals surface area (Å²) in [6.07, 6.45) is 24.5. The number of urea groups is 2. The van der Waals surface area contributed by atoms with E-state index in [1.807, 2.05) is 114 Å². The second kappa shape index (κ2) is 37.2. The number of aryl methyl sites for hydroxylation is 1. The lowest BCUT2D eigenvalue weighted by atomic mass is 9.77. The summed E-state index contributed by atoms with van der Waals surface area (Å²) in [6, 6.07) is 72.2. The average molecular weight is 1460 g/mol. The molecule has 0 aromatic heterocycles. The molecule has 9 aromatic rings. The van der Waals surface area contributed by atoms with Crippen LogP contribution in [0, 0.1) is 17.8 Å². The highest BCUT2D eigenvalue weighted by Gasteiger charge is 2.35. The molecule has 0 radical (unpaired) electrons. The van der Waals surface area contributed by atoms with Gasteiger partial charge in [0, 0.05) is 11.4 Å². The van der Waals surface area contributed by atoms with Crippen LogP contribution in [0.15, 0.2) is 212 Å². The number of nitrogens with two attached hydrogens (primary N) is 1. The summed E-state index contributed by atoms with van der Waals surface area (Å²) in [5.74, 6) is 7.01. The maximum absolute atomic E-state index is 13.5. The van der Waals surface area contributed by atoms with Crippen molar-refractivity contribution in [2.75, 3.05) is 45.0 Å². The van der Waals surface area contributed by atoms with E-state index in [9.17, 15) is 14.4 Å². The van der Waals surface area contributed by atoms with Crippen molar-refractivity contribution in [3.63, 3.8) is 0 Å². The minimum atomic E-state index is -0.700. The smallest absolute Gasteiger partial charge is 0.326 e. The van der Waals surface area contributed by atoms with Crippen molar-refractivity contribution in [1.29, 1.82) is 0 Å². The maximum Gasteiger partial charge on any atom is 0.326 e. The maximum atomic E-state index is 13.5. The number of para-hydroxylation sites is 2. The van der Waals surface area contributed by atoms with E-state index in [0.29, 0.717) is 37.4 Å². The van der Waals surface area contributed by atoms with Crippen molar-refractivity contribution >= 4 is 46.4 Å². The fourth-order valence-electron chi connectivity index (χ4n) is 17.6. The van der Waals surface area contributed by atoms with Crippen molar-refractivity contribution in [2.45, 2.75) is 219 Å². The van der Waals surface area contributed by atoms with E-state index in [4.69, 9.17) is 19.9 Å². The van der Waals surface area contributed by atoms with Crippen LogP contribution >= 0.6 is 0 Å². The lowest BCUT2D eigenvalue weighted by Gasteiger charge is -2.35. The Labute approximate surface area is 649 Å². The highest BCUT2D eigenvalue weighted by atomic mass is 16.5. The van der Waals surface area contributed by atoms with Gasteiger partial charge in [0.15, 0.2) is 0 Å². The van der Waals surface area contributed by atoms with E-state index in [0.717, 1.165) is 123 Å². The number of carbonyl (C=O) groups is 3. The summed E-state index contributed by atoms with van der Waals surface area (Å²) in [5, 5.41) is 6.19. The van der Waals surface area contributed by atoms with Gasteiger partial charge in [-0.3, -0.25) is 14.6 Å². The summed E-state index contributed by atoms with van der Waals surface area (Å²) in [7, 11) is 0. The molecule has 3 heterocycles. The third kappa shape index (κ3) is 19.2. The van der Waals surface area contributed by atoms with Gasteiger partial charge in [-0.2, -0.15) is 0 Å². The van der Waals surface area contributed by atoms with Crippen LogP contribution in [0.25, 0.3) is 33.4 Å². The Hall–Kier alpha value is -9.65. The lowest BCUT2D eigenvalue weighted by Crippen LogP contribution is -2.46. The first kappa shape index (κ1) is 77.5. The number of fused-ring (bicyclic) bond motifs is 3. The number of anilines is 5. The zero-order valence-corrected chi connectivity index (χ0v) is 65.6. The van der Waals surface area contributed by atoms with Gasteiger partial charge in [0.2, 0.25) is 5.91 Å². The fraction of sp³-hybridized carbons (Fsp3) is 0.412. The molecule has 4 N–H and O–H groups in total. The van der Waals surface area contributed by atoms with Crippen LogP contribution in [0.1, 0.15) is 222 Å². The lowest BCUT2D eigenvalue weighted by molar-refractivity contribution is -0.120. The topological polar surface area (TPSA) is 139 Å². The number of amides is 5. The molecule has 9 aromatic carbocycles. The molecule has 6 aliphatic rings. The third-order valence-electron chi connectivity index (χ3n) is 24.4. The molecule has 12 heteroatoms. The SMILES string of the molecule is CCC1CCC(c2ccc(-c3ccc4c(c3)OC(C)CN4C(=O)[C@H](N)c3ccccc3)cc2)CC1.CCCC1CN(C(=O)Nc2ccccc2)c2ccc(-c3ccc(C4CCC(CC)CC4)cc3)cc2O1.CCCC1CN(C(=O)Nc2ccccc2CC)c2ccc(-c3ccc(C4CCC(CC)CC4)cc3)cc2O1. The van der Waals surface area contributed by atoms with Gasteiger partial charge in [-0.25, -0.2) is 9.59 Å². The summed E-state index contributed by atoms with van der Waals surface area (Å²) in [4.78, 5) is 45.5. The standard InChI is InChI=1S/C34H42N2O2.C32H38N2O2.C31H36N2O2/c1-4-9-30-23-36(34(37)35-31-11-8-7-10-25(31)6-3)32-21-20-29(22-33(32)38-30)28-18-16-27(17-19-28)26-14-12-24(5-2)13-15-26;1-3-8-29-22-34(32(35)33-28-9-6-5-7-10-28)30-20-19-27(21-31(30)36-29)26-17-15-25(16-18-26)24-13-11-23(4-2)12-14-24;1-3-22-9-11-23(12-10-22)24-13-15-25(16-14-24)27-17-18-28-29(19-27)35-21(2)20-33(28)31(34)30(32)26-7-5-4-6-8-26/h7-8,10-11,16-22,24,26,30H,4-6,9,12-15,23H2,1-3H3,(H,35,37);5-7,9-10,15-21,23-24,29H,3-4,8,11-14,22H2,1-2H3,(H,33,35);4-8,13-19,21-23,30H,3,9-12,20,32H2,1-2H3/t;;21?,22?,23?,30-/m..1/s1. The Kier molecular flexibility index (Phi) is 26.4. The zero-order chi connectivity index (χ0) is 75.8. The molecule has 3 aliphatic heterocycles. The molecule has 3 aliphatic carbocycles. The molecule has 109 heavy (non-hydrogen) atoms. The molecule has 12 nitrogen and oxygen atoms in total. The molecule has 5 amide bonds. The average Bonchev–Trinajstić information content (AvgIpc) is 0.790. The first-order chi connectivity index (χ1) is 53.3. The molecule has 570 valence electrons. The van der Waals surface area contributed by atoms with Crippen LogP contribution in [-0.4, -0.2) is 55.9 Å². The Bertz CT molecular complexity index is 4430. The number of rotatable bonds is 18. The first-order valence-corrected chi connectivity index (χ1v) is 41.4. The number of nitrogens with zero attached hydrogens (tertiary/aromatic N) is 3. The predicted octanol–water partition coefficient (Wildman–Crippen LogP) is 24.7. The Morgan fingerprint density at radius 3 is 1.17 bits per heavy atom. The van der Waals surface area contributed by atoms with Crippen LogP contribution in [0.5, 0.6) is 17.2 Å². The van der Waals surface area contributed by atoms with Crippen molar-refractivity contribution < 1.29 is 28.6 Å². The van der Waals surface area contributed by atoms with E-state index < -0.39 is 6.04 Å². The molecule has 0 bridgehead atoms. The van der Waals surface area contributed by atoms with Gasteiger partial charge in [0.1, 0.15) is 41.6 Å². The fourth-order valence-corrected chi connectivity index (χ4v) is 17.6. The second-order valence-electron chi connectivity index (χ2n) is 31.6. The van der Waals surface area contributed by atoms with Gasteiger partial charge >= 0.3 is 12.1 Å². The number of benzene rings is 9. The highest BCUT2D eigenvalue weighted by molar-refractivity contribution is 6.05. The van der Waals surface area contributed by atoms with Crippen LogP contribution in [-0.2, 0) is 11.2 Å². The quantitative estimate of drug-likeness (QED) is 0.0777. The van der Waals surface area contributed by atoms with Crippen molar-refractivity contribution in [2.24, 2.45) is 23.5 Å². The number of nitrogens with one attached hydrogen (secondary N) is 2. The molecule has 4 atom stereocenters. The molecule has 0 saturated heterocycles. The number of carbonyl (C=O) groups excluding carboxylic acids is 3. The van der Waals surface area contributed by atoms with E-state index in [-0.39, 0.29) is 36.3 Å². The van der Waals surface area contributed by atoms with E-state index >= 15 is 0 Å². The second-order valence-corrected chi connectivity index (χ2v) is 31.6. The van der Waals surface area contributed by atoms with Gasteiger partial charge < -0.3 is 35.5 Å². The largest absolute Gasteiger partial charge is 0.487 e. The molecule has 3 unspecified atom stereocenters.